The van der Waals surface area contributed by atoms with Crippen LogP contribution in [0.1, 0.15) is 11.1 Å². The third-order valence-electron chi connectivity index (χ3n) is 3.90. The molecular weight excluding hydrogens is 364 g/mol. The van der Waals surface area contributed by atoms with Gasteiger partial charge < -0.3 is 14.8 Å². The van der Waals surface area contributed by atoms with E-state index in [1.54, 1.807) is 43.8 Å². The number of ether oxygens (including phenoxy) is 2. The Labute approximate surface area is 162 Å². The first-order valence-corrected chi connectivity index (χ1v) is 8.76. The molecule has 2 aromatic carbocycles. The Hall–Kier alpha value is -3.05. The molecule has 138 valence electrons. The fraction of sp³-hybridized carbons (Fsp3) is 0.143. The molecule has 0 bridgehead atoms. The van der Waals surface area contributed by atoms with E-state index in [2.05, 4.69) is 10.3 Å². The summed E-state index contributed by atoms with van der Waals surface area (Å²) in [4.78, 5) is 16.3. The zero-order valence-electron chi connectivity index (χ0n) is 14.8. The molecule has 0 aliphatic heterocycles. The van der Waals surface area contributed by atoms with E-state index in [4.69, 9.17) is 21.1 Å². The number of anilines is 1. The van der Waals surface area contributed by atoms with Crippen molar-refractivity contribution in [2.45, 2.75) is 13.0 Å². The van der Waals surface area contributed by atoms with Crippen LogP contribution in [-0.2, 0) is 17.8 Å². The van der Waals surface area contributed by atoms with Crippen LogP contribution in [0.3, 0.4) is 0 Å². The quantitative estimate of drug-likeness (QED) is 0.653. The Morgan fingerprint density at radius 1 is 1.07 bits per heavy atom. The molecule has 5 nitrogen and oxygen atoms in total. The first-order valence-electron chi connectivity index (χ1n) is 8.38. The summed E-state index contributed by atoms with van der Waals surface area (Å²) in [5, 5.41) is 3.44. The maximum atomic E-state index is 12.3. The summed E-state index contributed by atoms with van der Waals surface area (Å²) in [7, 11) is 1.57. The van der Waals surface area contributed by atoms with Crippen LogP contribution in [0.2, 0.25) is 5.02 Å². The standard InChI is InChI=1S/C21H19ClN2O3/c1-26-19-7-6-17(13-20(19)27-14-15-8-10-23-11-9-15)24-21(25)12-16-4-2-3-5-18(16)22/h2-11,13H,12,14H2,1H3,(H,24,25). The van der Waals surface area contributed by atoms with Gasteiger partial charge in [0.15, 0.2) is 11.5 Å². The van der Waals surface area contributed by atoms with Gasteiger partial charge in [-0.3, -0.25) is 9.78 Å². The molecule has 6 heteroatoms. The van der Waals surface area contributed by atoms with Crippen molar-refractivity contribution in [3.63, 3.8) is 0 Å². The summed E-state index contributed by atoms with van der Waals surface area (Å²) in [6.07, 6.45) is 3.61. The van der Waals surface area contributed by atoms with Crippen molar-refractivity contribution in [1.82, 2.24) is 4.98 Å². The van der Waals surface area contributed by atoms with Crippen molar-refractivity contribution in [2.24, 2.45) is 0 Å². The average molecular weight is 383 g/mol. The highest BCUT2D eigenvalue weighted by molar-refractivity contribution is 6.31. The van der Waals surface area contributed by atoms with Crippen molar-refractivity contribution in [3.05, 3.63) is 83.1 Å². The molecule has 0 radical (unpaired) electrons. The number of carbonyl (C=O) groups excluding carboxylic acids is 1. The third-order valence-corrected chi connectivity index (χ3v) is 4.27. The highest BCUT2D eigenvalue weighted by Crippen LogP contribution is 2.31. The van der Waals surface area contributed by atoms with E-state index >= 15 is 0 Å². The third kappa shape index (κ3) is 5.21. The lowest BCUT2D eigenvalue weighted by Gasteiger charge is -2.13. The number of pyridine rings is 1. The van der Waals surface area contributed by atoms with E-state index in [1.807, 2.05) is 30.3 Å². The monoisotopic (exact) mass is 382 g/mol. The first kappa shape index (κ1) is 18.7. The lowest BCUT2D eigenvalue weighted by atomic mass is 10.1. The van der Waals surface area contributed by atoms with Crippen LogP contribution in [0.15, 0.2) is 67.0 Å². The number of rotatable bonds is 7. The summed E-state index contributed by atoms with van der Waals surface area (Å²) < 4.78 is 11.2. The molecule has 0 atom stereocenters. The van der Waals surface area contributed by atoms with Crippen LogP contribution in [0, 0.1) is 0 Å². The number of carbonyl (C=O) groups is 1. The molecule has 3 aromatic rings. The number of hydrogen-bond acceptors (Lipinski definition) is 4. The minimum Gasteiger partial charge on any atom is -0.493 e. The Balaban J connectivity index is 1.68. The van der Waals surface area contributed by atoms with Crippen LogP contribution in [0.5, 0.6) is 11.5 Å². The molecule has 1 aromatic heterocycles. The highest BCUT2D eigenvalue weighted by atomic mass is 35.5. The van der Waals surface area contributed by atoms with Crippen LogP contribution in [-0.4, -0.2) is 18.0 Å². The van der Waals surface area contributed by atoms with Crippen LogP contribution in [0.25, 0.3) is 0 Å². The molecule has 27 heavy (non-hydrogen) atoms. The van der Waals surface area contributed by atoms with Crippen molar-refractivity contribution in [3.8, 4) is 11.5 Å². The molecule has 0 saturated carbocycles. The smallest absolute Gasteiger partial charge is 0.228 e. The number of nitrogens with zero attached hydrogens (tertiary/aromatic N) is 1. The number of hydrogen-bond donors (Lipinski definition) is 1. The predicted octanol–water partition coefficient (Wildman–Crippen LogP) is 4.50. The number of methoxy groups -OCH3 is 1. The van der Waals surface area contributed by atoms with Crippen molar-refractivity contribution in [1.29, 1.82) is 0 Å². The molecule has 1 N–H and O–H groups in total. The Morgan fingerprint density at radius 2 is 1.85 bits per heavy atom. The molecule has 0 spiro atoms. The van der Waals surface area contributed by atoms with Gasteiger partial charge in [0.2, 0.25) is 5.91 Å². The summed E-state index contributed by atoms with van der Waals surface area (Å²) >= 11 is 6.11. The number of aromatic nitrogens is 1. The number of nitrogens with one attached hydrogen (secondary N) is 1. The van der Waals surface area contributed by atoms with Gasteiger partial charge in [0.05, 0.1) is 13.5 Å². The van der Waals surface area contributed by atoms with Crippen molar-refractivity contribution >= 4 is 23.2 Å². The van der Waals surface area contributed by atoms with Crippen LogP contribution in [0.4, 0.5) is 5.69 Å². The summed E-state index contributed by atoms with van der Waals surface area (Å²) in [6, 6.07) is 16.3. The van der Waals surface area contributed by atoms with E-state index in [-0.39, 0.29) is 12.3 Å². The molecule has 0 saturated heterocycles. The second-order valence-corrected chi connectivity index (χ2v) is 6.23. The van der Waals surface area contributed by atoms with Crippen LogP contribution >= 0.6 is 11.6 Å². The highest BCUT2D eigenvalue weighted by Gasteiger charge is 2.10. The maximum Gasteiger partial charge on any atom is 0.228 e. The fourth-order valence-electron chi connectivity index (χ4n) is 2.53. The minimum atomic E-state index is -0.159. The topological polar surface area (TPSA) is 60.5 Å². The normalized spacial score (nSPS) is 10.3. The van der Waals surface area contributed by atoms with Gasteiger partial charge in [-0.05, 0) is 41.5 Å². The molecule has 3 rings (SSSR count). The molecule has 1 heterocycles. The Morgan fingerprint density at radius 3 is 2.59 bits per heavy atom. The number of benzene rings is 2. The fourth-order valence-corrected chi connectivity index (χ4v) is 2.73. The molecule has 0 fully saturated rings. The molecular formula is C21H19ClN2O3. The minimum absolute atomic E-state index is 0.159. The van der Waals surface area contributed by atoms with Gasteiger partial charge in [-0.1, -0.05) is 29.8 Å². The van der Waals surface area contributed by atoms with Gasteiger partial charge in [0, 0.05) is 29.2 Å². The zero-order valence-corrected chi connectivity index (χ0v) is 15.6. The van der Waals surface area contributed by atoms with E-state index in [0.29, 0.717) is 28.8 Å². The molecule has 0 aliphatic rings. The molecule has 1 amide bonds. The van der Waals surface area contributed by atoms with Gasteiger partial charge in [-0.15, -0.1) is 0 Å². The number of amides is 1. The SMILES string of the molecule is COc1ccc(NC(=O)Cc2ccccc2Cl)cc1OCc1ccncc1. The van der Waals surface area contributed by atoms with Gasteiger partial charge in [0.25, 0.3) is 0 Å². The second kappa shape index (κ2) is 9.05. The van der Waals surface area contributed by atoms with E-state index in [0.717, 1.165) is 11.1 Å². The summed E-state index contributed by atoms with van der Waals surface area (Å²) in [5.41, 5.74) is 2.39. The van der Waals surface area contributed by atoms with Crippen molar-refractivity contribution < 1.29 is 14.3 Å². The lowest BCUT2D eigenvalue weighted by Crippen LogP contribution is -2.14. The molecule has 0 aliphatic carbocycles. The maximum absolute atomic E-state index is 12.3. The van der Waals surface area contributed by atoms with E-state index in [1.165, 1.54) is 0 Å². The Kier molecular flexibility index (Phi) is 6.28. The predicted molar refractivity (Wildman–Crippen MR) is 105 cm³/mol. The van der Waals surface area contributed by atoms with Gasteiger partial charge in [-0.2, -0.15) is 0 Å². The number of halogens is 1. The zero-order chi connectivity index (χ0) is 19.1. The van der Waals surface area contributed by atoms with Gasteiger partial charge in [0.1, 0.15) is 6.61 Å². The van der Waals surface area contributed by atoms with E-state index < -0.39 is 0 Å². The average Bonchev–Trinajstić information content (AvgIpc) is 2.69. The van der Waals surface area contributed by atoms with Gasteiger partial charge >= 0.3 is 0 Å². The van der Waals surface area contributed by atoms with E-state index in [9.17, 15) is 4.79 Å². The van der Waals surface area contributed by atoms with Crippen molar-refractivity contribution in [2.75, 3.05) is 12.4 Å². The van der Waals surface area contributed by atoms with Crippen LogP contribution < -0.4 is 14.8 Å². The first-order chi connectivity index (χ1) is 13.2. The van der Waals surface area contributed by atoms with Gasteiger partial charge in [-0.25, -0.2) is 0 Å². The largest absolute Gasteiger partial charge is 0.493 e. The second-order valence-electron chi connectivity index (χ2n) is 5.83. The Bertz CT molecular complexity index is 916. The summed E-state index contributed by atoms with van der Waals surface area (Å²) in [6.45, 7) is 0.371. The lowest BCUT2D eigenvalue weighted by molar-refractivity contribution is -0.115. The summed E-state index contributed by atoms with van der Waals surface area (Å²) in [5.74, 6) is 0.978. The molecule has 0 unspecified atom stereocenters.